The molecule has 0 radical (unpaired) electrons. The average molecular weight is 496 g/mol. The van der Waals surface area contributed by atoms with Crippen LogP contribution >= 0.6 is 11.3 Å². The average Bonchev–Trinajstić information content (AvgIpc) is 3.23. The zero-order valence-electron chi connectivity index (χ0n) is 19.5. The number of esters is 1. The molecule has 5 rings (SSSR count). The normalized spacial score (nSPS) is 17.1. The van der Waals surface area contributed by atoms with Gasteiger partial charge < -0.3 is 20.1 Å². The summed E-state index contributed by atoms with van der Waals surface area (Å²) < 4.78 is 24.4. The number of fused-ring (bicyclic) bond motifs is 3. The van der Waals surface area contributed by atoms with Crippen molar-refractivity contribution in [3.8, 4) is 11.5 Å². The van der Waals surface area contributed by atoms with Gasteiger partial charge in [0.05, 0.1) is 17.7 Å². The molecule has 1 aromatic heterocycles. The Morgan fingerprint density at radius 1 is 1.14 bits per heavy atom. The van der Waals surface area contributed by atoms with Crippen LogP contribution in [-0.2, 0) is 13.0 Å². The van der Waals surface area contributed by atoms with Crippen molar-refractivity contribution in [1.82, 2.24) is 10.2 Å². The molecule has 1 atom stereocenters. The first kappa shape index (κ1) is 23.3. The van der Waals surface area contributed by atoms with Gasteiger partial charge in [-0.05, 0) is 67.4 Å². The maximum Gasteiger partial charge on any atom is 0.343 e. The van der Waals surface area contributed by atoms with Crippen LogP contribution in [-0.4, -0.2) is 36.5 Å². The molecular weight excluding hydrogens is 469 g/mol. The van der Waals surface area contributed by atoms with Crippen LogP contribution in [0.2, 0.25) is 0 Å². The highest BCUT2D eigenvalue weighted by atomic mass is 32.1. The Bertz CT molecular complexity index is 1270. The molecule has 0 aliphatic carbocycles. The first-order valence-corrected chi connectivity index (χ1v) is 12.5. The minimum atomic E-state index is -0.613. The number of hydrogen-bond donors (Lipinski definition) is 2. The summed E-state index contributed by atoms with van der Waals surface area (Å²) in [5.41, 5.74) is 2.91. The number of halogens is 1. The van der Waals surface area contributed by atoms with Gasteiger partial charge in [0.2, 0.25) is 0 Å². The van der Waals surface area contributed by atoms with Crippen molar-refractivity contribution in [3.05, 3.63) is 75.4 Å². The van der Waals surface area contributed by atoms with E-state index in [1.54, 1.807) is 29.5 Å². The van der Waals surface area contributed by atoms with Crippen molar-refractivity contribution in [2.75, 3.05) is 25.0 Å². The maximum atomic E-state index is 13.2. The third-order valence-corrected chi connectivity index (χ3v) is 7.39. The highest BCUT2D eigenvalue weighted by Gasteiger charge is 2.33. The molecule has 0 saturated carbocycles. The van der Waals surface area contributed by atoms with E-state index in [-0.39, 0.29) is 17.2 Å². The van der Waals surface area contributed by atoms with E-state index in [0.717, 1.165) is 47.7 Å². The van der Waals surface area contributed by atoms with E-state index in [2.05, 4.69) is 22.5 Å². The predicted octanol–water partition coefficient (Wildman–Crippen LogP) is 4.74. The van der Waals surface area contributed by atoms with E-state index < -0.39 is 18.0 Å². The third-order valence-electron chi connectivity index (χ3n) is 6.24. The van der Waals surface area contributed by atoms with E-state index in [1.807, 2.05) is 6.92 Å². The largest absolute Gasteiger partial charge is 0.490 e. The van der Waals surface area contributed by atoms with Gasteiger partial charge in [-0.25, -0.2) is 9.18 Å². The van der Waals surface area contributed by atoms with E-state index in [1.165, 1.54) is 29.1 Å². The lowest BCUT2D eigenvalue weighted by molar-refractivity contribution is 0.0728. The Balaban J connectivity index is 1.38. The van der Waals surface area contributed by atoms with Crippen LogP contribution in [0.15, 0.2) is 42.5 Å². The van der Waals surface area contributed by atoms with E-state index in [4.69, 9.17) is 9.47 Å². The van der Waals surface area contributed by atoms with Crippen LogP contribution in [0.5, 0.6) is 11.5 Å². The fourth-order valence-corrected chi connectivity index (χ4v) is 5.72. The molecule has 0 bridgehead atoms. The van der Waals surface area contributed by atoms with Gasteiger partial charge in [0.15, 0.2) is 11.5 Å². The van der Waals surface area contributed by atoms with Gasteiger partial charge in [0.1, 0.15) is 17.0 Å². The molecule has 2 aromatic carbocycles. The summed E-state index contributed by atoms with van der Waals surface area (Å²) in [4.78, 5) is 29.2. The number of thiophene rings is 1. The summed E-state index contributed by atoms with van der Waals surface area (Å²) in [6.07, 6.45) is 0.427. The number of nitrogens with zero attached hydrogens (tertiary/aromatic N) is 1. The number of nitrogens with one attached hydrogen (secondary N) is 2. The molecule has 9 heteroatoms. The topological polar surface area (TPSA) is 79.9 Å². The number of carbonyl (C=O) groups excluding carboxylic acids is 2. The van der Waals surface area contributed by atoms with Gasteiger partial charge in [0, 0.05) is 18.0 Å². The molecular formula is C26H26FN3O4S. The number of anilines is 1. The van der Waals surface area contributed by atoms with Crippen LogP contribution < -0.4 is 20.1 Å². The highest BCUT2D eigenvalue weighted by Crippen LogP contribution is 2.41. The summed E-state index contributed by atoms with van der Waals surface area (Å²) in [7, 11) is 0. The molecule has 0 unspecified atom stereocenters. The molecule has 7 nitrogen and oxygen atoms in total. The van der Waals surface area contributed by atoms with E-state index in [9.17, 15) is 14.0 Å². The van der Waals surface area contributed by atoms with Crippen LogP contribution in [0.1, 0.15) is 56.7 Å². The Morgan fingerprint density at radius 2 is 1.94 bits per heavy atom. The number of hydrogen-bond acceptors (Lipinski definition) is 7. The van der Waals surface area contributed by atoms with Crippen LogP contribution in [0, 0.1) is 5.82 Å². The fourth-order valence-electron chi connectivity index (χ4n) is 4.41. The minimum Gasteiger partial charge on any atom is -0.490 e. The number of ether oxygens (including phenoxy) is 2. The van der Waals surface area contributed by atoms with Gasteiger partial charge in [-0.2, -0.15) is 0 Å². The Labute approximate surface area is 206 Å². The summed E-state index contributed by atoms with van der Waals surface area (Å²) >= 11 is 1.64. The lowest BCUT2D eigenvalue weighted by Gasteiger charge is -2.28. The molecule has 2 aliphatic rings. The molecule has 3 heterocycles. The van der Waals surface area contributed by atoms with Crippen molar-refractivity contribution >= 4 is 28.2 Å². The Kier molecular flexibility index (Phi) is 6.44. The summed E-state index contributed by atoms with van der Waals surface area (Å²) in [6.45, 7) is 7.16. The minimum absolute atomic E-state index is 0.0871. The highest BCUT2D eigenvalue weighted by molar-refractivity contribution is 7.16. The Morgan fingerprint density at radius 3 is 2.69 bits per heavy atom. The molecule has 182 valence electrons. The van der Waals surface area contributed by atoms with Crippen molar-refractivity contribution in [2.24, 2.45) is 0 Å². The summed E-state index contributed by atoms with van der Waals surface area (Å²) in [5, 5.41) is 7.40. The molecule has 0 fully saturated rings. The first-order chi connectivity index (χ1) is 17.0. The second-order valence-electron chi connectivity index (χ2n) is 8.41. The molecule has 2 N–H and O–H groups in total. The SMILES string of the molecule is CCOc1cc([C@@H]2NC(=O)c3c(sc4c3CCN(CC)C4)N2)ccc1OC(=O)c1ccc(F)cc1. The number of likely N-dealkylation sites (N-methyl/N-ethyl adjacent to an activating group) is 1. The van der Waals surface area contributed by atoms with Crippen molar-refractivity contribution < 1.29 is 23.5 Å². The number of amides is 1. The molecule has 2 aliphatic heterocycles. The molecule has 3 aromatic rings. The predicted molar refractivity (Wildman–Crippen MR) is 132 cm³/mol. The van der Waals surface area contributed by atoms with Gasteiger partial charge in [-0.15, -0.1) is 11.3 Å². The van der Waals surface area contributed by atoms with Gasteiger partial charge in [0.25, 0.3) is 5.91 Å². The zero-order valence-corrected chi connectivity index (χ0v) is 20.3. The lowest BCUT2D eigenvalue weighted by atomic mass is 10.0. The first-order valence-electron chi connectivity index (χ1n) is 11.7. The number of carbonyl (C=O) groups is 2. The number of rotatable bonds is 6. The van der Waals surface area contributed by atoms with Gasteiger partial charge in [-0.3, -0.25) is 9.69 Å². The van der Waals surface area contributed by atoms with Crippen LogP contribution in [0.3, 0.4) is 0 Å². The van der Waals surface area contributed by atoms with Gasteiger partial charge >= 0.3 is 5.97 Å². The van der Waals surface area contributed by atoms with Crippen LogP contribution in [0.4, 0.5) is 9.39 Å². The quantitative estimate of drug-likeness (QED) is 0.380. The standard InChI is InChI=1S/C26H26FN3O4S/c1-3-30-12-11-18-21(14-30)35-25-22(18)24(31)28-23(29-25)16-7-10-19(20(13-16)33-4-2)34-26(32)15-5-8-17(27)9-6-15/h5-10,13,23,29H,3-4,11-12,14H2,1-2H3,(H,28,31)/t23-/m1/s1. The smallest absolute Gasteiger partial charge is 0.343 e. The second-order valence-corrected chi connectivity index (χ2v) is 9.52. The van der Waals surface area contributed by atoms with E-state index in [0.29, 0.717) is 12.4 Å². The molecule has 1 amide bonds. The van der Waals surface area contributed by atoms with E-state index >= 15 is 0 Å². The number of benzene rings is 2. The maximum absolute atomic E-state index is 13.2. The lowest BCUT2D eigenvalue weighted by Crippen LogP contribution is -2.38. The molecule has 35 heavy (non-hydrogen) atoms. The molecule has 0 saturated heterocycles. The van der Waals surface area contributed by atoms with Gasteiger partial charge in [-0.1, -0.05) is 13.0 Å². The third kappa shape index (κ3) is 4.61. The summed E-state index contributed by atoms with van der Waals surface area (Å²) in [6, 6.07) is 10.3. The van der Waals surface area contributed by atoms with Crippen molar-refractivity contribution in [2.45, 2.75) is 33.0 Å². The van der Waals surface area contributed by atoms with Crippen LogP contribution in [0.25, 0.3) is 0 Å². The molecule has 0 spiro atoms. The summed E-state index contributed by atoms with van der Waals surface area (Å²) in [5.74, 6) is -0.501. The van der Waals surface area contributed by atoms with Crippen molar-refractivity contribution in [3.63, 3.8) is 0 Å². The fraction of sp³-hybridized carbons (Fsp3) is 0.308. The zero-order chi connectivity index (χ0) is 24.5. The van der Waals surface area contributed by atoms with Crippen molar-refractivity contribution in [1.29, 1.82) is 0 Å². The Hall–Kier alpha value is -3.43. The monoisotopic (exact) mass is 495 g/mol. The second kappa shape index (κ2) is 9.67.